The number of ether oxygens (including phenoxy) is 1. The van der Waals surface area contributed by atoms with Crippen molar-refractivity contribution < 1.29 is 13.9 Å². The summed E-state index contributed by atoms with van der Waals surface area (Å²) in [6, 6.07) is 5.57. The van der Waals surface area contributed by atoms with Crippen LogP contribution >= 0.6 is 11.3 Å². The van der Waals surface area contributed by atoms with Crippen LogP contribution in [0.2, 0.25) is 0 Å². The predicted octanol–water partition coefficient (Wildman–Crippen LogP) is 3.42. The van der Waals surface area contributed by atoms with E-state index in [1.807, 2.05) is 0 Å². The summed E-state index contributed by atoms with van der Waals surface area (Å²) in [4.78, 5) is 17.6. The number of rotatable bonds is 4. The molecule has 0 radical (unpaired) electrons. The smallest absolute Gasteiger partial charge is 0.264 e. The van der Waals surface area contributed by atoms with Crippen molar-refractivity contribution in [2.45, 2.75) is 26.2 Å². The summed E-state index contributed by atoms with van der Waals surface area (Å²) in [5.41, 5.74) is 1.11. The highest BCUT2D eigenvalue weighted by Gasteiger charge is 2.20. The molecule has 1 aliphatic rings. The van der Waals surface area contributed by atoms with Gasteiger partial charge in [-0.05, 0) is 49.4 Å². The van der Waals surface area contributed by atoms with Crippen LogP contribution in [0, 0.1) is 11.7 Å². The number of hydrogen-bond acceptors (Lipinski definition) is 4. The Hall–Kier alpha value is -1.95. The summed E-state index contributed by atoms with van der Waals surface area (Å²) in [6.45, 7) is 2.11. The fourth-order valence-corrected chi connectivity index (χ4v) is 3.62. The van der Waals surface area contributed by atoms with Gasteiger partial charge in [-0.1, -0.05) is 6.92 Å². The molecule has 1 unspecified atom stereocenters. The Bertz CT molecular complexity index is 669. The Morgan fingerprint density at radius 2 is 2.23 bits per heavy atom. The molecule has 1 aliphatic carbocycles. The lowest BCUT2D eigenvalue weighted by Gasteiger charge is -2.15. The molecule has 0 bridgehead atoms. The molecule has 1 aromatic heterocycles. The van der Waals surface area contributed by atoms with E-state index >= 15 is 0 Å². The molecule has 1 heterocycles. The molecule has 0 spiro atoms. The normalized spacial score (nSPS) is 16.9. The van der Waals surface area contributed by atoms with Gasteiger partial charge in [0.25, 0.3) is 5.91 Å². The number of thiazole rings is 1. The van der Waals surface area contributed by atoms with Gasteiger partial charge >= 0.3 is 0 Å². The minimum atomic E-state index is -0.334. The number of halogens is 1. The van der Waals surface area contributed by atoms with Gasteiger partial charge in [-0.15, -0.1) is 11.3 Å². The first-order valence-corrected chi connectivity index (χ1v) is 8.08. The molecule has 0 saturated carbocycles. The Morgan fingerprint density at radius 3 is 3.00 bits per heavy atom. The molecule has 1 N–H and O–H groups in total. The van der Waals surface area contributed by atoms with Gasteiger partial charge in [0.15, 0.2) is 11.7 Å². The SMILES string of the molecule is CC1CCc2nc(NC(=O)COc3ccc(F)cc3)sc2C1. The van der Waals surface area contributed by atoms with E-state index in [1.165, 1.54) is 29.1 Å². The molecule has 0 aliphatic heterocycles. The summed E-state index contributed by atoms with van der Waals surface area (Å²) >= 11 is 1.54. The second-order valence-electron chi connectivity index (χ2n) is 5.53. The predicted molar refractivity (Wildman–Crippen MR) is 83.8 cm³/mol. The van der Waals surface area contributed by atoms with Crippen molar-refractivity contribution in [1.29, 1.82) is 0 Å². The third-order valence-corrected chi connectivity index (χ3v) is 4.65. The van der Waals surface area contributed by atoms with E-state index in [0.29, 0.717) is 16.8 Å². The second kappa shape index (κ2) is 6.44. The van der Waals surface area contributed by atoms with Crippen molar-refractivity contribution in [3.8, 4) is 5.75 Å². The van der Waals surface area contributed by atoms with E-state index in [1.54, 1.807) is 11.3 Å². The zero-order valence-corrected chi connectivity index (χ0v) is 13.1. The van der Waals surface area contributed by atoms with Gasteiger partial charge < -0.3 is 4.74 Å². The Morgan fingerprint density at radius 1 is 1.45 bits per heavy atom. The summed E-state index contributed by atoms with van der Waals surface area (Å²) in [7, 11) is 0. The average Bonchev–Trinajstić information content (AvgIpc) is 2.88. The van der Waals surface area contributed by atoms with Gasteiger partial charge in [0.1, 0.15) is 11.6 Å². The molecule has 3 rings (SSSR count). The van der Waals surface area contributed by atoms with Crippen LogP contribution in [0.3, 0.4) is 0 Å². The third kappa shape index (κ3) is 3.62. The number of carbonyl (C=O) groups excluding carboxylic acids is 1. The van der Waals surface area contributed by atoms with E-state index in [0.717, 1.165) is 25.0 Å². The molecule has 4 nitrogen and oxygen atoms in total. The van der Waals surface area contributed by atoms with Crippen molar-refractivity contribution in [2.75, 3.05) is 11.9 Å². The maximum absolute atomic E-state index is 12.8. The maximum atomic E-state index is 12.8. The molecule has 116 valence electrons. The number of hydrogen-bond donors (Lipinski definition) is 1. The van der Waals surface area contributed by atoms with Gasteiger partial charge in [-0.3, -0.25) is 10.1 Å². The van der Waals surface area contributed by atoms with Gasteiger partial charge in [0, 0.05) is 4.88 Å². The maximum Gasteiger partial charge on any atom is 0.264 e. The van der Waals surface area contributed by atoms with Crippen LogP contribution in [0.5, 0.6) is 5.75 Å². The van der Waals surface area contributed by atoms with Crippen LogP contribution < -0.4 is 10.1 Å². The molecular weight excluding hydrogens is 303 g/mol. The molecule has 6 heteroatoms. The Balaban J connectivity index is 1.54. The molecule has 1 aromatic carbocycles. The van der Waals surface area contributed by atoms with Crippen LogP contribution in [0.25, 0.3) is 0 Å². The van der Waals surface area contributed by atoms with Crippen LogP contribution in [0.15, 0.2) is 24.3 Å². The van der Waals surface area contributed by atoms with E-state index in [2.05, 4.69) is 17.2 Å². The Kier molecular flexibility index (Phi) is 4.38. The number of carbonyl (C=O) groups is 1. The molecular formula is C16H17FN2O2S. The van der Waals surface area contributed by atoms with Gasteiger partial charge in [-0.2, -0.15) is 0 Å². The fraction of sp³-hybridized carbons (Fsp3) is 0.375. The molecule has 22 heavy (non-hydrogen) atoms. The number of nitrogens with one attached hydrogen (secondary N) is 1. The summed E-state index contributed by atoms with van der Waals surface area (Å²) < 4.78 is 18.1. The van der Waals surface area contributed by atoms with E-state index in [-0.39, 0.29) is 18.3 Å². The quantitative estimate of drug-likeness (QED) is 0.939. The zero-order valence-electron chi connectivity index (χ0n) is 12.3. The van der Waals surface area contributed by atoms with Gasteiger partial charge in [0.2, 0.25) is 0 Å². The number of benzene rings is 1. The van der Waals surface area contributed by atoms with Crippen molar-refractivity contribution >= 4 is 22.4 Å². The first-order valence-electron chi connectivity index (χ1n) is 7.27. The van der Waals surface area contributed by atoms with Crippen LogP contribution in [0.1, 0.15) is 23.9 Å². The van der Waals surface area contributed by atoms with Gasteiger partial charge in [-0.25, -0.2) is 9.37 Å². The highest BCUT2D eigenvalue weighted by Crippen LogP contribution is 2.32. The van der Waals surface area contributed by atoms with Crippen molar-refractivity contribution in [3.63, 3.8) is 0 Å². The highest BCUT2D eigenvalue weighted by atomic mass is 32.1. The second-order valence-corrected chi connectivity index (χ2v) is 6.61. The van der Waals surface area contributed by atoms with Crippen LogP contribution in [-0.2, 0) is 17.6 Å². The van der Waals surface area contributed by atoms with Crippen LogP contribution in [-0.4, -0.2) is 17.5 Å². The average molecular weight is 320 g/mol. The standard InChI is InChI=1S/C16H17FN2O2S/c1-10-2-7-13-14(8-10)22-16(18-13)19-15(20)9-21-12-5-3-11(17)4-6-12/h3-6,10H,2,7-9H2,1H3,(H,18,19,20). The lowest BCUT2D eigenvalue weighted by molar-refractivity contribution is -0.118. The zero-order chi connectivity index (χ0) is 15.5. The summed E-state index contributed by atoms with van der Waals surface area (Å²) in [5, 5.41) is 3.40. The third-order valence-electron chi connectivity index (χ3n) is 3.62. The topological polar surface area (TPSA) is 51.2 Å². The lowest BCUT2D eigenvalue weighted by Crippen LogP contribution is -2.20. The van der Waals surface area contributed by atoms with Crippen LogP contribution in [0.4, 0.5) is 9.52 Å². The van der Waals surface area contributed by atoms with Crippen molar-refractivity contribution in [3.05, 3.63) is 40.7 Å². The number of fused-ring (bicyclic) bond motifs is 1. The number of aryl methyl sites for hydroxylation is 1. The van der Waals surface area contributed by atoms with E-state index in [9.17, 15) is 9.18 Å². The van der Waals surface area contributed by atoms with E-state index in [4.69, 9.17) is 4.74 Å². The van der Waals surface area contributed by atoms with Gasteiger partial charge in [0.05, 0.1) is 5.69 Å². The molecule has 1 atom stereocenters. The minimum Gasteiger partial charge on any atom is -0.484 e. The first-order chi connectivity index (χ1) is 10.6. The molecule has 0 fully saturated rings. The molecule has 0 saturated heterocycles. The number of anilines is 1. The summed E-state index contributed by atoms with van der Waals surface area (Å²) in [6.07, 6.45) is 3.17. The summed E-state index contributed by atoms with van der Waals surface area (Å²) in [5.74, 6) is 0.546. The Labute approximate surface area is 132 Å². The first kappa shape index (κ1) is 15.0. The fourth-order valence-electron chi connectivity index (χ4n) is 2.43. The molecule has 2 aromatic rings. The monoisotopic (exact) mass is 320 g/mol. The number of amides is 1. The van der Waals surface area contributed by atoms with Crippen molar-refractivity contribution in [2.24, 2.45) is 5.92 Å². The molecule has 1 amide bonds. The number of nitrogens with zero attached hydrogens (tertiary/aromatic N) is 1. The van der Waals surface area contributed by atoms with E-state index < -0.39 is 0 Å². The largest absolute Gasteiger partial charge is 0.484 e. The highest BCUT2D eigenvalue weighted by molar-refractivity contribution is 7.15. The van der Waals surface area contributed by atoms with Crippen molar-refractivity contribution in [1.82, 2.24) is 4.98 Å². The number of aromatic nitrogens is 1. The lowest BCUT2D eigenvalue weighted by atomic mass is 9.93. The minimum absolute atomic E-state index is 0.119.